The van der Waals surface area contributed by atoms with Gasteiger partial charge in [0, 0.05) is 38.9 Å². The fourth-order valence-electron chi connectivity index (χ4n) is 5.39. The van der Waals surface area contributed by atoms with E-state index in [0.717, 1.165) is 50.9 Å². The number of hydrogen-bond donors (Lipinski definition) is 1. The molecule has 2 aliphatic rings. The predicted molar refractivity (Wildman–Crippen MR) is 142 cm³/mol. The van der Waals surface area contributed by atoms with Crippen molar-refractivity contribution < 1.29 is 14.3 Å². The second kappa shape index (κ2) is 11.7. The van der Waals surface area contributed by atoms with Crippen molar-refractivity contribution in [2.24, 2.45) is 11.8 Å². The Labute approximate surface area is 216 Å². The zero-order valence-corrected chi connectivity index (χ0v) is 22.5. The van der Waals surface area contributed by atoms with Gasteiger partial charge in [-0.2, -0.15) is 0 Å². The summed E-state index contributed by atoms with van der Waals surface area (Å²) in [5, 5.41) is 3.40. The normalized spacial score (nSPS) is 21.4. The Morgan fingerprint density at radius 3 is 2.53 bits per heavy atom. The number of piperidine rings is 1. The van der Waals surface area contributed by atoms with E-state index in [-0.39, 0.29) is 17.4 Å². The minimum Gasteiger partial charge on any atom is -0.379 e. The van der Waals surface area contributed by atoms with Crippen LogP contribution in [-0.2, 0) is 21.4 Å². The fourth-order valence-corrected chi connectivity index (χ4v) is 5.39. The van der Waals surface area contributed by atoms with Crippen LogP contribution in [0.5, 0.6) is 0 Å². The molecular weight excluding hydrogens is 452 g/mol. The molecule has 1 aromatic carbocycles. The summed E-state index contributed by atoms with van der Waals surface area (Å²) < 4.78 is 11.2. The minimum absolute atomic E-state index is 0.00626. The Hall–Kier alpha value is -2.51. The number of nitrogens with one attached hydrogen (secondary N) is 1. The highest BCUT2D eigenvalue weighted by atomic mass is 16.5. The maximum absolute atomic E-state index is 13.3. The third kappa shape index (κ3) is 6.43. The van der Waals surface area contributed by atoms with Gasteiger partial charge in [-0.25, -0.2) is 9.97 Å². The number of nitrogens with zero attached hydrogens (tertiary/aromatic N) is 3. The first-order valence-corrected chi connectivity index (χ1v) is 13.3. The molecule has 3 heterocycles. The van der Waals surface area contributed by atoms with Crippen molar-refractivity contribution in [1.82, 2.24) is 14.9 Å². The number of amides is 1. The molecular formula is C29H42N4O3. The van der Waals surface area contributed by atoms with Crippen LogP contribution in [0.25, 0.3) is 0 Å². The number of anilines is 1. The Kier molecular flexibility index (Phi) is 8.62. The summed E-state index contributed by atoms with van der Waals surface area (Å²) >= 11 is 0. The quantitative estimate of drug-likeness (QED) is 0.585. The lowest BCUT2D eigenvalue weighted by molar-refractivity contribution is -0.0725. The molecule has 196 valence electrons. The lowest BCUT2D eigenvalue weighted by Crippen LogP contribution is -2.41. The lowest BCUT2D eigenvalue weighted by Gasteiger charge is -2.37. The SMILES string of the molecule is CO[C@@H]1COCC[C@H]1CC1CCN(C(=O)c2ncnc(NCc3ccc(C(C)(C)C)cc3)c2C)CC1. The van der Waals surface area contributed by atoms with E-state index in [1.165, 1.54) is 17.5 Å². The minimum atomic E-state index is 0.00626. The highest BCUT2D eigenvalue weighted by Gasteiger charge is 2.31. The largest absolute Gasteiger partial charge is 0.379 e. The van der Waals surface area contributed by atoms with E-state index < -0.39 is 0 Å². The Balaban J connectivity index is 1.32. The molecule has 2 aliphatic heterocycles. The van der Waals surface area contributed by atoms with Crippen molar-refractivity contribution in [3.8, 4) is 0 Å². The third-order valence-electron chi connectivity index (χ3n) is 7.85. The monoisotopic (exact) mass is 494 g/mol. The first-order chi connectivity index (χ1) is 17.3. The highest BCUT2D eigenvalue weighted by Crippen LogP contribution is 2.31. The first kappa shape index (κ1) is 26.6. The van der Waals surface area contributed by atoms with Crippen molar-refractivity contribution in [2.75, 3.05) is 38.7 Å². The van der Waals surface area contributed by atoms with Crippen LogP contribution in [0.3, 0.4) is 0 Å². The Bertz CT molecular complexity index is 1010. The fraction of sp³-hybridized carbons (Fsp3) is 0.621. The van der Waals surface area contributed by atoms with Gasteiger partial charge < -0.3 is 19.7 Å². The van der Waals surface area contributed by atoms with E-state index >= 15 is 0 Å². The molecule has 0 saturated carbocycles. The van der Waals surface area contributed by atoms with Gasteiger partial charge >= 0.3 is 0 Å². The predicted octanol–water partition coefficient (Wildman–Crippen LogP) is 4.99. The summed E-state index contributed by atoms with van der Waals surface area (Å²) in [6.45, 7) is 12.3. The van der Waals surface area contributed by atoms with Crippen LogP contribution in [-0.4, -0.2) is 60.3 Å². The second-order valence-corrected chi connectivity index (χ2v) is 11.4. The summed E-state index contributed by atoms with van der Waals surface area (Å²) in [4.78, 5) is 24.1. The topological polar surface area (TPSA) is 76.6 Å². The number of carbonyl (C=O) groups is 1. The molecule has 1 N–H and O–H groups in total. The van der Waals surface area contributed by atoms with E-state index in [4.69, 9.17) is 9.47 Å². The molecule has 0 aliphatic carbocycles. The average Bonchev–Trinajstić information content (AvgIpc) is 2.88. The maximum atomic E-state index is 13.3. The van der Waals surface area contributed by atoms with E-state index in [9.17, 15) is 4.79 Å². The van der Waals surface area contributed by atoms with Crippen LogP contribution in [0.4, 0.5) is 5.82 Å². The summed E-state index contributed by atoms with van der Waals surface area (Å²) in [6.07, 6.45) is 5.96. The van der Waals surface area contributed by atoms with Gasteiger partial charge in [0.25, 0.3) is 5.91 Å². The third-order valence-corrected chi connectivity index (χ3v) is 7.85. The Morgan fingerprint density at radius 2 is 1.86 bits per heavy atom. The molecule has 2 atom stereocenters. The molecule has 0 spiro atoms. The molecule has 0 unspecified atom stereocenters. The molecule has 0 radical (unpaired) electrons. The van der Waals surface area contributed by atoms with Crippen LogP contribution in [0.15, 0.2) is 30.6 Å². The number of hydrogen-bond acceptors (Lipinski definition) is 6. The van der Waals surface area contributed by atoms with Gasteiger partial charge in [-0.3, -0.25) is 4.79 Å². The van der Waals surface area contributed by atoms with Crippen molar-refractivity contribution in [3.05, 3.63) is 53.0 Å². The zero-order valence-electron chi connectivity index (χ0n) is 22.5. The van der Waals surface area contributed by atoms with Gasteiger partial charge in [-0.05, 0) is 61.0 Å². The van der Waals surface area contributed by atoms with E-state index in [1.54, 1.807) is 7.11 Å². The molecule has 0 bridgehead atoms. The number of carbonyl (C=O) groups excluding carboxylic acids is 1. The van der Waals surface area contributed by atoms with Gasteiger partial charge in [0.1, 0.15) is 17.8 Å². The molecule has 7 heteroatoms. The average molecular weight is 495 g/mol. The summed E-state index contributed by atoms with van der Waals surface area (Å²) in [5.41, 5.74) is 3.93. The van der Waals surface area contributed by atoms with Crippen LogP contribution in [0, 0.1) is 18.8 Å². The molecule has 2 aromatic rings. The van der Waals surface area contributed by atoms with Crippen LogP contribution in [0.1, 0.15) is 73.6 Å². The van der Waals surface area contributed by atoms with Crippen molar-refractivity contribution in [1.29, 1.82) is 0 Å². The van der Waals surface area contributed by atoms with Gasteiger partial charge in [-0.1, -0.05) is 45.0 Å². The molecule has 4 rings (SSSR count). The standard InChI is InChI=1S/C29H42N4O3/c1-20-26(31-19-32-27(20)30-17-22-6-8-24(9-7-22)29(2,3)4)28(34)33-13-10-21(11-14-33)16-23-12-15-36-18-25(23)35-5/h6-9,19,21,23,25H,10-18H2,1-5H3,(H,30,31,32)/t23-,25+/m0/s1. The number of benzene rings is 1. The number of likely N-dealkylation sites (tertiary alicyclic amines) is 1. The summed E-state index contributed by atoms with van der Waals surface area (Å²) in [7, 11) is 1.78. The number of ether oxygens (including phenoxy) is 2. The smallest absolute Gasteiger partial charge is 0.272 e. The van der Waals surface area contributed by atoms with Gasteiger partial charge in [-0.15, -0.1) is 0 Å². The molecule has 7 nitrogen and oxygen atoms in total. The van der Waals surface area contributed by atoms with Crippen LogP contribution < -0.4 is 5.32 Å². The molecule has 2 fully saturated rings. The van der Waals surface area contributed by atoms with Crippen LogP contribution >= 0.6 is 0 Å². The van der Waals surface area contributed by atoms with Gasteiger partial charge in [0.2, 0.25) is 0 Å². The van der Waals surface area contributed by atoms with E-state index in [2.05, 4.69) is 60.3 Å². The number of methoxy groups -OCH3 is 1. The van der Waals surface area contributed by atoms with E-state index in [1.807, 2.05) is 11.8 Å². The summed E-state index contributed by atoms with van der Waals surface area (Å²) in [6, 6.07) is 8.66. The molecule has 36 heavy (non-hydrogen) atoms. The molecule has 1 amide bonds. The first-order valence-electron chi connectivity index (χ1n) is 13.3. The maximum Gasteiger partial charge on any atom is 0.272 e. The summed E-state index contributed by atoms with van der Waals surface area (Å²) in [5.74, 6) is 1.90. The number of aromatic nitrogens is 2. The molecule has 2 saturated heterocycles. The molecule has 1 aromatic heterocycles. The van der Waals surface area contributed by atoms with Gasteiger partial charge in [0.05, 0.1) is 12.7 Å². The van der Waals surface area contributed by atoms with Crippen molar-refractivity contribution in [2.45, 2.75) is 71.4 Å². The van der Waals surface area contributed by atoms with Crippen molar-refractivity contribution in [3.63, 3.8) is 0 Å². The highest BCUT2D eigenvalue weighted by molar-refractivity contribution is 5.94. The number of rotatable bonds is 7. The van der Waals surface area contributed by atoms with Crippen molar-refractivity contribution >= 4 is 11.7 Å². The Morgan fingerprint density at radius 1 is 1.14 bits per heavy atom. The second-order valence-electron chi connectivity index (χ2n) is 11.4. The lowest BCUT2D eigenvalue weighted by atomic mass is 9.82. The zero-order chi connectivity index (χ0) is 25.7. The van der Waals surface area contributed by atoms with Gasteiger partial charge in [0.15, 0.2) is 0 Å². The van der Waals surface area contributed by atoms with Crippen LogP contribution in [0.2, 0.25) is 0 Å². The van der Waals surface area contributed by atoms with E-state index in [0.29, 0.717) is 36.5 Å².